The number of nitrogens with one attached hydrogen (secondary N) is 1. The van der Waals surface area contributed by atoms with Gasteiger partial charge in [0.05, 0.1) is 17.3 Å². The quantitative estimate of drug-likeness (QED) is 0.656. The first kappa shape index (κ1) is 19.8. The summed E-state index contributed by atoms with van der Waals surface area (Å²) in [5, 5.41) is 10.8. The summed E-state index contributed by atoms with van der Waals surface area (Å²) < 4.78 is 41.9. The Labute approximate surface area is 161 Å². The van der Waals surface area contributed by atoms with Crippen LogP contribution >= 0.6 is 11.8 Å². The van der Waals surface area contributed by atoms with Crippen molar-refractivity contribution in [2.24, 2.45) is 5.92 Å². The number of amides is 1. The van der Waals surface area contributed by atoms with Crippen LogP contribution in [-0.2, 0) is 27.5 Å². The van der Waals surface area contributed by atoms with Crippen molar-refractivity contribution in [2.75, 3.05) is 23.8 Å². The minimum Gasteiger partial charge on any atom is -0.416 e. The molecule has 2 aromatic rings. The van der Waals surface area contributed by atoms with Crippen molar-refractivity contribution in [2.45, 2.75) is 24.5 Å². The predicted octanol–water partition coefficient (Wildman–Crippen LogP) is 1.64. The van der Waals surface area contributed by atoms with Gasteiger partial charge in [0.25, 0.3) is 5.22 Å². The lowest BCUT2D eigenvalue weighted by atomic mass is 10.1. The molecule has 1 aromatic heterocycles. The van der Waals surface area contributed by atoms with Crippen molar-refractivity contribution in [3.63, 3.8) is 0 Å². The van der Waals surface area contributed by atoms with E-state index >= 15 is 0 Å². The molecular weight excluding hydrogens is 393 g/mol. The molecule has 1 amide bonds. The highest BCUT2D eigenvalue weighted by atomic mass is 32.2. The number of hydrogen-bond acceptors (Lipinski definition) is 7. The highest BCUT2D eigenvalue weighted by molar-refractivity contribution is 7.99. The molecule has 1 fully saturated rings. The van der Waals surface area contributed by atoms with E-state index in [0.29, 0.717) is 37.3 Å². The highest BCUT2D eigenvalue weighted by Crippen LogP contribution is 2.23. The minimum absolute atomic E-state index is 0.00924. The first-order chi connectivity index (χ1) is 12.9. The molecule has 1 N–H and O–H groups in total. The number of benzene rings is 1. The van der Waals surface area contributed by atoms with Crippen LogP contribution in [0.3, 0.4) is 0 Å². The second kappa shape index (κ2) is 8.83. The molecule has 0 aliphatic carbocycles. The Morgan fingerprint density at radius 3 is 2.89 bits per heavy atom. The number of rotatable bonds is 8. The molecule has 1 atom stereocenters. The summed E-state index contributed by atoms with van der Waals surface area (Å²) in [5.74, 6) is 0.376. The van der Waals surface area contributed by atoms with Crippen molar-refractivity contribution < 1.29 is 22.0 Å². The molecule has 7 nitrogen and oxygen atoms in total. The Morgan fingerprint density at radius 2 is 2.15 bits per heavy atom. The van der Waals surface area contributed by atoms with Crippen LogP contribution in [0.2, 0.25) is 0 Å². The maximum absolute atomic E-state index is 13.5. The number of nitrogens with zero attached hydrogens (tertiary/aromatic N) is 2. The van der Waals surface area contributed by atoms with Gasteiger partial charge >= 0.3 is 0 Å². The molecule has 3 rings (SSSR count). The third-order valence-corrected chi connectivity index (χ3v) is 6.89. The lowest BCUT2D eigenvalue weighted by molar-refractivity contribution is -0.118. The van der Waals surface area contributed by atoms with E-state index in [1.54, 1.807) is 18.2 Å². The van der Waals surface area contributed by atoms with E-state index in [4.69, 9.17) is 4.42 Å². The van der Waals surface area contributed by atoms with Crippen LogP contribution in [-0.4, -0.2) is 48.3 Å². The summed E-state index contributed by atoms with van der Waals surface area (Å²) in [6, 6.07) is 6.45. The molecule has 0 unspecified atom stereocenters. The molecular formula is C17H20FN3O4S2. The molecule has 0 bridgehead atoms. The molecule has 0 radical (unpaired) electrons. The fraction of sp³-hybridized carbons (Fsp3) is 0.471. The van der Waals surface area contributed by atoms with E-state index in [1.807, 2.05) is 0 Å². The number of thioether (sulfide) groups is 1. The summed E-state index contributed by atoms with van der Waals surface area (Å²) >= 11 is 1.11. The fourth-order valence-corrected chi connectivity index (χ4v) is 5.35. The zero-order chi connectivity index (χ0) is 19.3. The summed E-state index contributed by atoms with van der Waals surface area (Å²) in [7, 11) is -2.93. The predicted molar refractivity (Wildman–Crippen MR) is 98.6 cm³/mol. The molecule has 0 spiro atoms. The topological polar surface area (TPSA) is 102 Å². The van der Waals surface area contributed by atoms with Crippen LogP contribution in [0, 0.1) is 11.7 Å². The third-order valence-electron chi connectivity index (χ3n) is 4.24. The standard InChI is InChI=1S/C17H20FN3O4S2/c18-14-4-2-1-3-13(14)5-7-19-15(22)10-26-17-21-20-16(25-17)9-12-6-8-27(23,24)11-12/h1-4,12H,5-11H2,(H,19,22)/t12-/m0/s1. The first-order valence-corrected chi connectivity index (χ1v) is 11.4. The fourth-order valence-electron chi connectivity index (χ4n) is 2.88. The van der Waals surface area contributed by atoms with Crippen molar-refractivity contribution in [1.82, 2.24) is 15.5 Å². The van der Waals surface area contributed by atoms with Gasteiger partial charge in [-0.15, -0.1) is 10.2 Å². The Bertz CT molecular complexity index is 901. The largest absolute Gasteiger partial charge is 0.416 e. The average Bonchev–Trinajstić information content (AvgIpc) is 3.21. The van der Waals surface area contributed by atoms with E-state index < -0.39 is 9.84 Å². The number of carbonyl (C=O) groups excluding carboxylic acids is 1. The van der Waals surface area contributed by atoms with Crippen molar-refractivity contribution >= 4 is 27.5 Å². The van der Waals surface area contributed by atoms with Crippen LogP contribution in [0.1, 0.15) is 17.9 Å². The number of hydrogen-bond donors (Lipinski definition) is 1. The zero-order valence-electron chi connectivity index (χ0n) is 14.6. The summed E-state index contributed by atoms with van der Waals surface area (Å²) in [5.41, 5.74) is 0.556. The normalized spacial score (nSPS) is 18.5. The number of aromatic nitrogens is 2. The van der Waals surface area contributed by atoms with Gasteiger partial charge in [-0.3, -0.25) is 4.79 Å². The highest BCUT2D eigenvalue weighted by Gasteiger charge is 2.29. The van der Waals surface area contributed by atoms with Crippen molar-refractivity contribution in [3.05, 3.63) is 41.5 Å². The zero-order valence-corrected chi connectivity index (χ0v) is 16.2. The van der Waals surface area contributed by atoms with E-state index in [0.717, 1.165) is 11.8 Å². The molecule has 1 aliphatic rings. The number of carbonyl (C=O) groups is 1. The molecule has 1 aromatic carbocycles. The van der Waals surface area contributed by atoms with Gasteiger partial charge in [-0.2, -0.15) is 0 Å². The van der Waals surface area contributed by atoms with E-state index in [2.05, 4.69) is 15.5 Å². The van der Waals surface area contributed by atoms with Crippen molar-refractivity contribution in [3.8, 4) is 0 Å². The van der Waals surface area contributed by atoms with Crippen LogP contribution < -0.4 is 5.32 Å². The lowest BCUT2D eigenvalue weighted by Crippen LogP contribution is -2.27. The van der Waals surface area contributed by atoms with Gasteiger partial charge in [-0.1, -0.05) is 30.0 Å². The van der Waals surface area contributed by atoms with Crippen LogP contribution in [0.4, 0.5) is 4.39 Å². The van der Waals surface area contributed by atoms with Gasteiger partial charge in [-0.25, -0.2) is 12.8 Å². The third kappa shape index (κ3) is 6.03. The Hall–Kier alpha value is -1.94. The van der Waals surface area contributed by atoms with Crippen molar-refractivity contribution in [1.29, 1.82) is 0 Å². The summed E-state index contributed by atoms with van der Waals surface area (Å²) in [4.78, 5) is 11.9. The molecule has 1 aliphatic heterocycles. The second-order valence-electron chi connectivity index (χ2n) is 6.41. The maximum atomic E-state index is 13.5. The van der Waals surface area contributed by atoms with Gasteiger partial charge < -0.3 is 9.73 Å². The van der Waals surface area contributed by atoms with Crippen LogP contribution in [0.5, 0.6) is 0 Å². The van der Waals surface area contributed by atoms with E-state index in [-0.39, 0.29) is 40.1 Å². The van der Waals surface area contributed by atoms with Gasteiger partial charge in [-0.05, 0) is 30.4 Å². The van der Waals surface area contributed by atoms with Gasteiger partial charge in [0.2, 0.25) is 11.8 Å². The van der Waals surface area contributed by atoms with Gasteiger partial charge in [0.1, 0.15) is 5.82 Å². The Kier molecular flexibility index (Phi) is 6.48. The van der Waals surface area contributed by atoms with E-state index in [9.17, 15) is 17.6 Å². The molecule has 10 heteroatoms. The Morgan fingerprint density at radius 1 is 1.33 bits per heavy atom. The second-order valence-corrected chi connectivity index (χ2v) is 9.57. The van der Waals surface area contributed by atoms with Gasteiger partial charge in [0, 0.05) is 13.0 Å². The molecule has 0 saturated carbocycles. The molecule has 2 heterocycles. The summed E-state index contributed by atoms with van der Waals surface area (Å²) in [6.07, 6.45) is 1.46. The minimum atomic E-state index is -2.93. The first-order valence-electron chi connectivity index (χ1n) is 8.57. The lowest BCUT2D eigenvalue weighted by Gasteiger charge is -2.05. The molecule has 1 saturated heterocycles. The molecule has 146 valence electrons. The number of halogens is 1. The van der Waals surface area contributed by atoms with E-state index in [1.165, 1.54) is 6.07 Å². The monoisotopic (exact) mass is 413 g/mol. The molecule has 27 heavy (non-hydrogen) atoms. The number of sulfone groups is 1. The Balaban J connectivity index is 1.38. The average molecular weight is 413 g/mol. The SMILES string of the molecule is O=C(CSc1nnc(C[C@@H]2CCS(=O)(=O)C2)o1)NCCc1ccccc1F. The maximum Gasteiger partial charge on any atom is 0.277 e. The van der Waals surface area contributed by atoms with Crippen LogP contribution in [0.25, 0.3) is 0 Å². The van der Waals surface area contributed by atoms with Crippen LogP contribution in [0.15, 0.2) is 33.9 Å². The summed E-state index contributed by atoms with van der Waals surface area (Å²) in [6.45, 7) is 0.339. The van der Waals surface area contributed by atoms with Gasteiger partial charge in [0.15, 0.2) is 9.84 Å². The smallest absolute Gasteiger partial charge is 0.277 e.